The summed E-state index contributed by atoms with van der Waals surface area (Å²) in [6.45, 7) is 3.20. The number of carbonyl (C=O) groups is 1. The van der Waals surface area contributed by atoms with Crippen molar-refractivity contribution in [2.45, 2.75) is 20.0 Å². The largest absolute Gasteiger partial charge is 0.348 e. The summed E-state index contributed by atoms with van der Waals surface area (Å²) in [6, 6.07) is 11.4. The first-order valence-corrected chi connectivity index (χ1v) is 7.46. The Morgan fingerprint density at radius 3 is 2.61 bits per heavy atom. The number of amides is 1. The van der Waals surface area contributed by atoms with Gasteiger partial charge in [0.15, 0.2) is 0 Å². The van der Waals surface area contributed by atoms with Crippen LogP contribution in [0.1, 0.15) is 27.3 Å². The normalized spacial score (nSPS) is 10.5. The molecule has 5 heteroatoms. The summed E-state index contributed by atoms with van der Waals surface area (Å²) < 4.78 is 2.07. The first kappa shape index (κ1) is 15.0. The highest BCUT2D eigenvalue weighted by atomic mass is 16.1. The van der Waals surface area contributed by atoms with Gasteiger partial charge in [-0.3, -0.25) is 9.78 Å². The molecule has 116 valence electrons. The third-order valence-electron chi connectivity index (χ3n) is 3.67. The smallest absolute Gasteiger partial charge is 0.251 e. The molecule has 2 aromatic heterocycles. The zero-order valence-electron chi connectivity index (χ0n) is 12.9. The van der Waals surface area contributed by atoms with Crippen LogP contribution in [0.4, 0.5) is 0 Å². The van der Waals surface area contributed by atoms with Crippen LogP contribution in [0.2, 0.25) is 0 Å². The lowest BCUT2D eigenvalue weighted by molar-refractivity contribution is 0.0951. The molecule has 1 aromatic carbocycles. The molecular formula is C18H18N4O. The van der Waals surface area contributed by atoms with Crippen LogP contribution in [-0.2, 0) is 13.1 Å². The summed E-state index contributed by atoms with van der Waals surface area (Å²) in [5.74, 6) is 0.891. The second kappa shape index (κ2) is 6.87. The maximum absolute atomic E-state index is 12.2. The van der Waals surface area contributed by atoms with Gasteiger partial charge in [-0.2, -0.15) is 0 Å². The van der Waals surface area contributed by atoms with Gasteiger partial charge in [0.05, 0.1) is 0 Å². The first-order chi connectivity index (χ1) is 11.2. The van der Waals surface area contributed by atoms with E-state index in [4.69, 9.17) is 0 Å². The van der Waals surface area contributed by atoms with Crippen molar-refractivity contribution in [3.8, 4) is 0 Å². The van der Waals surface area contributed by atoms with Gasteiger partial charge >= 0.3 is 0 Å². The molecule has 5 nitrogen and oxygen atoms in total. The number of hydrogen-bond donors (Lipinski definition) is 1. The number of benzene rings is 1. The minimum absolute atomic E-state index is 0.0841. The molecule has 23 heavy (non-hydrogen) atoms. The maximum Gasteiger partial charge on any atom is 0.251 e. The van der Waals surface area contributed by atoms with E-state index in [0.717, 1.165) is 23.5 Å². The van der Waals surface area contributed by atoms with Crippen LogP contribution in [0, 0.1) is 6.92 Å². The van der Waals surface area contributed by atoms with Crippen LogP contribution in [0.15, 0.2) is 61.2 Å². The molecule has 2 heterocycles. The number of nitrogens with one attached hydrogen (secondary N) is 1. The monoisotopic (exact) mass is 306 g/mol. The molecule has 0 aliphatic carbocycles. The minimum atomic E-state index is -0.0841. The number of hydrogen-bond acceptors (Lipinski definition) is 3. The fourth-order valence-corrected chi connectivity index (χ4v) is 2.32. The summed E-state index contributed by atoms with van der Waals surface area (Å²) in [4.78, 5) is 20.4. The van der Waals surface area contributed by atoms with E-state index in [0.29, 0.717) is 12.1 Å². The van der Waals surface area contributed by atoms with E-state index in [1.165, 1.54) is 0 Å². The number of rotatable bonds is 5. The van der Waals surface area contributed by atoms with Gasteiger partial charge in [0.2, 0.25) is 0 Å². The number of pyridine rings is 1. The van der Waals surface area contributed by atoms with Crippen molar-refractivity contribution in [2.75, 3.05) is 0 Å². The topological polar surface area (TPSA) is 59.8 Å². The molecule has 0 fully saturated rings. The van der Waals surface area contributed by atoms with E-state index >= 15 is 0 Å². The highest BCUT2D eigenvalue weighted by Crippen LogP contribution is 2.08. The van der Waals surface area contributed by atoms with Crippen molar-refractivity contribution < 1.29 is 4.79 Å². The fourth-order valence-electron chi connectivity index (χ4n) is 2.32. The molecule has 3 rings (SSSR count). The summed E-state index contributed by atoms with van der Waals surface area (Å²) in [6.07, 6.45) is 7.20. The zero-order chi connectivity index (χ0) is 16.1. The SMILES string of the molecule is Cc1nccn1Cc1ccc(C(=O)NCc2cccnc2)cc1. The molecule has 0 aliphatic rings. The third-order valence-corrected chi connectivity index (χ3v) is 3.67. The molecule has 0 bridgehead atoms. The number of imidazole rings is 1. The summed E-state index contributed by atoms with van der Waals surface area (Å²) in [5.41, 5.74) is 2.77. The van der Waals surface area contributed by atoms with Crippen molar-refractivity contribution >= 4 is 5.91 Å². The Morgan fingerprint density at radius 1 is 1.13 bits per heavy atom. The standard InChI is InChI=1S/C18H18N4O/c1-14-20-9-10-22(14)13-15-4-6-17(7-5-15)18(23)21-12-16-3-2-8-19-11-16/h2-11H,12-13H2,1H3,(H,21,23). The Hall–Kier alpha value is -2.95. The number of aryl methyl sites for hydroxylation is 1. The van der Waals surface area contributed by atoms with Gasteiger partial charge in [0, 0.05) is 43.4 Å². The summed E-state index contributed by atoms with van der Waals surface area (Å²) >= 11 is 0. The van der Waals surface area contributed by atoms with Crippen LogP contribution in [0.3, 0.4) is 0 Å². The Bertz CT molecular complexity index is 778. The molecule has 0 saturated carbocycles. The lowest BCUT2D eigenvalue weighted by atomic mass is 10.1. The maximum atomic E-state index is 12.2. The van der Waals surface area contributed by atoms with Crippen molar-refractivity contribution in [3.05, 3.63) is 83.7 Å². The van der Waals surface area contributed by atoms with Crippen molar-refractivity contribution in [1.29, 1.82) is 0 Å². The molecule has 3 aromatic rings. The van der Waals surface area contributed by atoms with Crippen LogP contribution in [0.25, 0.3) is 0 Å². The van der Waals surface area contributed by atoms with Crippen LogP contribution in [0.5, 0.6) is 0 Å². The van der Waals surface area contributed by atoms with E-state index in [2.05, 4.69) is 19.9 Å². The molecule has 0 spiro atoms. The van der Waals surface area contributed by atoms with Gasteiger partial charge in [-0.05, 0) is 36.2 Å². The van der Waals surface area contributed by atoms with Crippen LogP contribution >= 0.6 is 0 Å². The van der Waals surface area contributed by atoms with Gasteiger partial charge in [0.1, 0.15) is 5.82 Å². The second-order valence-electron chi connectivity index (χ2n) is 5.34. The Labute approximate surface area is 135 Å². The van der Waals surface area contributed by atoms with Crippen molar-refractivity contribution in [3.63, 3.8) is 0 Å². The number of aromatic nitrogens is 3. The average Bonchev–Trinajstić information content (AvgIpc) is 2.99. The molecule has 0 radical (unpaired) electrons. The van der Waals surface area contributed by atoms with Crippen LogP contribution < -0.4 is 5.32 Å². The zero-order valence-corrected chi connectivity index (χ0v) is 12.9. The summed E-state index contributed by atoms with van der Waals surface area (Å²) in [7, 11) is 0. The molecule has 0 atom stereocenters. The number of carbonyl (C=O) groups excluding carboxylic acids is 1. The predicted octanol–water partition coefficient (Wildman–Crippen LogP) is 2.56. The van der Waals surface area contributed by atoms with E-state index in [9.17, 15) is 4.79 Å². The van der Waals surface area contributed by atoms with Gasteiger partial charge < -0.3 is 9.88 Å². The Morgan fingerprint density at radius 2 is 1.96 bits per heavy atom. The highest BCUT2D eigenvalue weighted by molar-refractivity contribution is 5.94. The second-order valence-corrected chi connectivity index (χ2v) is 5.34. The Balaban J connectivity index is 1.60. The lowest BCUT2D eigenvalue weighted by Crippen LogP contribution is -2.22. The molecule has 1 N–H and O–H groups in total. The third kappa shape index (κ3) is 3.83. The summed E-state index contributed by atoms with van der Waals surface area (Å²) in [5, 5.41) is 2.90. The highest BCUT2D eigenvalue weighted by Gasteiger charge is 2.06. The quantitative estimate of drug-likeness (QED) is 0.788. The molecular weight excluding hydrogens is 288 g/mol. The van der Waals surface area contributed by atoms with Crippen molar-refractivity contribution in [2.24, 2.45) is 0 Å². The van der Waals surface area contributed by atoms with E-state index in [1.54, 1.807) is 18.6 Å². The van der Waals surface area contributed by atoms with E-state index < -0.39 is 0 Å². The lowest BCUT2D eigenvalue weighted by Gasteiger charge is -2.08. The molecule has 0 aliphatic heterocycles. The predicted molar refractivity (Wildman–Crippen MR) is 87.9 cm³/mol. The number of nitrogens with zero attached hydrogens (tertiary/aromatic N) is 3. The first-order valence-electron chi connectivity index (χ1n) is 7.46. The molecule has 0 unspecified atom stereocenters. The molecule has 0 saturated heterocycles. The van der Waals surface area contributed by atoms with Gasteiger partial charge in [-0.25, -0.2) is 4.98 Å². The van der Waals surface area contributed by atoms with Gasteiger partial charge in [-0.1, -0.05) is 18.2 Å². The van der Waals surface area contributed by atoms with Gasteiger partial charge in [-0.15, -0.1) is 0 Å². The van der Waals surface area contributed by atoms with E-state index in [1.807, 2.05) is 49.5 Å². The van der Waals surface area contributed by atoms with E-state index in [-0.39, 0.29) is 5.91 Å². The van der Waals surface area contributed by atoms with Gasteiger partial charge in [0.25, 0.3) is 5.91 Å². The fraction of sp³-hybridized carbons (Fsp3) is 0.167. The van der Waals surface area contributed by atoms with Crippen LogP contribution in [-0.4, -0.2) is 20.4 Å². The average molecular weight is 306 g/mol. The minimum Gasteiger partial charge on any atom is -0.348 e. The molecule has 1 amide bonds. The Kier molecular flexibility index (Phi) is 4.47. The van der Waals surface area contributed by atoms with Crippen molar-refractivity contribution in [1.82, 2.24) is 19.9 Å².